The van der Waals surface area contributed by atoms with Crippen LogP contribution in [0.1, 0.15) is 76.3 Å². The molecule has 6 N–H and O–H groups in total. The highest BCUT2D eigenvalue weighted by atomic mass is 32.1. The maximum absolute atomic E-state index is 13.2. The molecule has 33 nitrogen and oxygen atoms in total. The Morgan fingerprint density at radius 1 is 0.504 bits per heavy atom. The van der Waals surface area contributed by atoms with Crippen molar-refractivity contribution in [1.82, 2.24) is 119 Å². The van der Waals surface area contributed by atoms with Gasteiger partial charge in [-0.25, -0.2) is 44.3 Å². The summed E-state index contributed by atoms with van der Waals surface area (Å²) in [6.45, 7) is 8.38. The molecule has 22 aromatic rings. The van der Waals surface area contributed by atoms with Gasteiger partial charge in [-0.3, -0.25) is 27.1 Å². The van der Waals surface area contributed by atoms with Gasteiger partial charge in [0.15, 0.2) is 40.7 Å². The number of benzene rings is 9. The van der Waals surface area contributed by atoms with Crippen LogP contribution in [-0.2, 0) is 26.0 Å². The maximum atomic E-state index is 13.2. The van der Waals surface area contributed by atoms with Crippen LogP contribution in [0.15, 0.2) is 309 Å². The monoisotopic (exact) mass is 1910 g/mol. The molecule has 13 aromatic heterocycles. The Hall–Kier alpha value is -17.7. The molecule has 1 aliphatic carbocycles. The fourth-order valence-corrected chi connectivity index (χ4v) is 16.5. The van der Waals surface area contributed by atoms with E-state index in [0.29, 0.717) is 70.6 Å². The van der Waals surface area contributed by atoms with Gasteiger partial charge in [-0.15, -0.1) is 22.7 Å². The molecule has 702 valence electrons. The summed E-state index contributed by atoms with van der Waals surface area (Å²) in [5.41, 5.74) is 35.1. The average Bonchev–Trinajstić information content (AvgIpc) is 1.65. The number of halogens is 1. The number of ether oxygens (including phenoxy) is 3. The lowest BCUT2D eigenvalue weighted by Gasteiger charge is -2.14. The van der Waals surface area contributed by atoms with Crippen molar-refractivity contribution in [2.45, 2.75) is 65.5 Å². The SMILES string of the molecule is CCc1cnn(Nc2cc(CN(C)C)nc(-c3cccs3)n2)c1.CN(C)CCOc1ccc2c(Nn3ncc4ccccc43)nc(Oc3ccc(C#N)cc3)nc2c1.Cc1cc(Nn2cc(C3CC3)cn2)nc(OCc2cccc(F)c2)n1.Cc1cccc(-c2cc(Nn3ncc4ccccc43)nc(Cc3ccc4ncsc4c3)n2)c1.c1ccc(-c2nc(Nn3ncc4ccccc43)c3[nH]ccc3n2)cc1. The number of aromatic nitrogens is 22. The number of rotatable bonds is 28. The molecule has 0 amide bonds. The second-order valence-electron chi connectivity index (χ2n) is 33.6. The van der Waals surface area contributed by atoms with Crippen molar-refractivity contribution in [1.29, 1.82) is 5.26 Å². The molecule has 1 saturated carbocycles. The number of nitriles is 1. The van der Waals surface area contributed by atoms with E-state index in [4.69, 9.17) is 34.4 Å². The van der Waals surface area contributed by atoms with Crippen LogP contribution >= 0.6 is 22.7 Å². The number of fused-ring (bicyclic) bond motifs is 6. The van der Waals surface area contributed by atoms with Gasteiger partial charge >= 0.3 is 12.0 Å². The number of aryl methyl sites for hydroxylation is 3. The van der Waals surface area contributed by atoms with Gasteiger partial charge in [-0.05, 0) is 192 Å². The summed E-state index contributed by atoms with van der Waals surface area (Å²) in [7, 11) is 8.06. The summed E-state index contributed by atoms with van der Waals surface area (Å²) < 4.78 is 31.8. The zero-order valence-electron chi connectivity index (χ0n) is 77.8. The van der Waals surface area contributed by atoms with Crippen molar-refractivity contribution in [3.63, 3.8) is 0 Å². The highest BCUT2D eigenvalue weighted by Crippen LogP contribution is 2.40. The summed E-state index contributed by atoms with van der Waals surface area (Å²) in [4.78, 5) is 67.5. The number of hydrogen-bond acceptors (Lipinski definition) is 29. The number of aromatic amines is 1. The van der Waals surface area contributed by atoms with Crippen LogP contribution in [0.2, 0.25) is 0 Å². The Balaban J connectivity index is 0.000000113. The van der Waals surface area contributed by atoms with Crippen LogP contribution in [0.25, 0.3) is 98.2 Å². The fourth-order valence-electron chi connectivity index (χ4n) is 15.1. The Bertz CT molecular complexity index is 8110. The first kappa shape index (κ1) is 92.4. The smallest absolute Gasteiger partial charge is 0.324 e. The topological polar surface area (TPSA) is 365 Å². The van der Waals surface area contributed by atoms with Crippen LogP contribution in [0.5, 0.6) is 23.5 Å². The summed E-state index contributed by atoms with van der Waals surface area (Å²) in [5.74, 6) is 6.99. The molecular formula is C105H95FN30O3S2. The third-order valence-corrected chi connectivity index (χ3v) is 23.9. The molecule has 23 rings (SSSR count). The minimum Gasteiger partial charge on any atom is -0.492 e. The van der Waals surface area contributed by atoms with Gasteiger partial charge < -0.3 is 29.0 Å². The van der Waals surface area contributed by atoms with Crippen molar-refractivity contribution < 1.29 is 18.6 Å². The van der Waals surface area contributed by atoms with Crippen LogP contribution in [0.4, 0.5) is 33.5 Å². The molecule has 1 aliphatic rings. The zero-order chi connectivity index (χ0) is 96.5. The molecule has 1 fully saturated rings. The third kappa shape index (κ3) is 23.7. The van der Waals surface area contributed by atoms with E-state index in [9.17, 15) is 4.39 Å². The van der Waals surface area contributed by atoms with Gasteiger partial charge in [0, 0.05) is 88.3 Å². The molecule has 141 heavy (non-hydrogen) atoms. The van der Waals surface area contributed by atoms with Crippen LogP contribution < -0.4 is 41.3 Å². The van der Waals surface area contributed by atoms with Gasteiger partial charge in [0.05, 0.1) is 115 Å². The molecule has 36 heteroatoms. The molecule has 0 radical (unpaired) electrons. The minimum atomic E-state index is -0.293. The van der Waals surface area contributed by atoms with Crippen molar-refractivity contribution >= 4 is 117 Å². The number of nitrogens with zero attached hydrogens (tertiary/aromatic N) is 24. The molecule has 0 bridgehead atoms. The van der Waals surface area contributed by atoms with E-state index < -0.39 is 0 Å². The molecule has 0 unspecified atom stereocenters. The number of nitrogens with one attached hydrogen (secondary N) is 6. The third-order valence-electron chi connectivity index (χ3n) is 22.2. The lowest BCUT2D eigenvalue weighted by Crippen LogP contribution is -2.19. The van der Waals surface area contributed by atoms with Crippen molar-refractivity contribution in [3.05, 3.63) is 366 Å². The number of para-hydroxylation sites is 3. The number of H-pyrrole nitrogens is 1. The summed E-state index contributed by atoms with van der Waals surface area (Å²) in [6, 6.07) is 81.6. The predicted octanol–water partition coefficient (Wildman–Crippen LogP) is 20.5. The Morgan fingerprint density at radius 3 is 1.90 bits per heavy atom. The van der Waals surface area contributed by atoms with E-state index in [1.165, 1.54) is 46.4 Å². The second kappa shape index (κ2) is 43.1. The zero-order valence-corrected chi connectivity index (χ0v) is 79.5. The van der Waals surface area contributed by atoms with Gasteiger partial charge in [-0.2, -0.15) is 69.7 Å². The summed E-state index contributed by atoms with van der Waals surface area (Å²) in [5, 5.41) is 37.0. The largest absolute Gasteiger partial charge is 0.492 e. The minimum absolute atomic E-state index is 0.159. The van der Waals surface area contributed by atoms with E-state index in [1.807, 2.05) is 247 Å². The number of thiazole rings is 1. The average molecular weight is 1910 g/mol. The summed E-state index contributed by atoms with van der Waals surface area (Å²) in [6.07, 6.45) is 19.0. The van der Waals surface area contributed by atoms with Gasteiger partial charge in [-0.1, -0.05) is 140 Å². The van der Waals surface area contributed by atoms with E-state index in [0.717, 1.165) is 136 Å². The first-order valence-corrected chi connectivity index (χ1v) is 47.2. The standard InChI is InChI=1S/C26H23N7O2.C26H20N6S.C19H14N6.C18H18FN5O.C16H20N6S/c1-32(2)13-14-34-21-11-12-22-23(15-21)29-26(35-20-9-7-18(16-27)8-10-20)30-25(22)31-33-24-6-4-3-5-19(24)17-28-33;1-17-5-4-7-19(11-17)22-14-26(31-32-23-8-3-2-6-20(23)15-28-32)30-25(29-22)13-18-9-10-21-24(12-18)33-16-27-21;1-2-6-13(7-3-1)18-22-15-10-11-20-17(15)19(23-18)24-25-16-9-5-4-8-14(16)12-21-25;1-12-7-17(23-24-10-15(9-20-24)14-5-6-14)22-18(21-12)25-11-13-3-2-4-16(19)8-13;1-4-12-9-17-22(10-12)20-15-8-13(11-21(2)3)18-16(19-15)14-6-5-7-23-14/h3-12,15,17H,13-14H2,1-2H3,(H,29,30,31);2-12,14-16H,13H2,1H3,(H,29,30,31);1-12,20H,(H,22,23,24);2-4,7-10,14H,5-6,11H2,1H3,(H,21,22,23);5-10H,4,11H2,1-3H3,(H,18,19,20). The van der Waals surface area contributed by atoms with E-state index >= 15 is 0 Å². The number of likely N-dealkylation sites (N-methyl/N-ethyl adjacent to an activating group) is 1. The number of hydrogen-bond donors (Lipinski definition) is 6. The molecule has 0 spiro atoms. The quantitative estimate of drug-likeness (QED) is 0.0265. The number of thiophene rings is 1. The molecule has 0 aliphatic heterocycles. The van der Waals surface area contributed by atoms with Crippen molar-refractivity contribution in [3.8, 4) is 62.9 Å². The van der Waals surface area contributed by atoms with E-state index in [1.54, 1.807) is 89.2 Å². The maximum Gasteiger partial charge on any atom is 0.324 e. The Kier molecular flexibility index (Phi) is 28.3. The van der Waals surface area contributed by atoms with Crippen LogP contribution in [-0.4, -0.2) is 160 Å². The number of anilines is 5. The molecule has 13 heterocycles. The lowest BCUT2D eigenvalue weighted by atomic mass is 10.1. The second-order valence-corrected chi connectivity index (χ2v) is 35.4. The Morgan fingerprint density at radius 2 is 1.20 bits per heavy atom. The first-order chi connectivity index (χ1) is 69.0. The van der Waals surface area contributed by atoms with Crippen LogP contribution in [0, 0.1) is 31.0 Å². The first-order valence-electron chi connectivity index (χ1n) is 45.4. The molecule has 9 aromatic carbocycles. The highest BCUT2D eigenvalue weighted by Gasteiger charge is 2.26. The van der Waals surface area contributed by atoms with E-state index in [-0.39, 0.29) is 24.4 Å². The lowest BCUT2D eigenvalue weighted by molar-refractivity contribution is 0.261. The molecule has 0 saturated heterocycles. The molecule has 0 atom stereocenters. The van der Waals surface area contributed by atoms with Crippen molar-refractivity contribution in [2.75, 3.05) is 68.5 Å². The molecular weight excluding hydrogens is 1810 g/mol. The highest BCUT2D eigenvalue weighted by molar-refractivity contribution is 7.16. The summed E-state index contributed by atoms with van der Waals surface area (Å²) >= 11 is 3.28. The van der Waals surface area contributed by atoms with Gasteiger partial charge in [0.2, 0.25) is 0 Å². The van der Waals surface area contributed by atoms with Crippen LogP contribution in [0.3, 0.4) is 0 Å². The van der Waals surface area contributed by atoms with Gasteiger partial charge in [0.1, 0.15) is 41.9 Å². The van der Waals surface area contributed by atoms with E-state index in [2.05, 4.69) is 170 Å². The predicted molar refractivity (Wildman–Crippen MR) is 549 cm³/mol. The normalized spacial score (nSPS) is 11.6. The fraction of sp³-hybridized carbons (Fsp3) is 0.152. The van der Waals surface area contributed by atoms with Crippen molar-refractivity contribution in [2.24, 2.45) is 0 Å². The Labute approximate surface area is 817 Å². The van der Waals surface area contributed by atoms with Gasteiger partial charge in [0.25, 0.3) is 0 Å².